The number of carbonyl (C=O) groups excluding carboxylic acids is 1. The highest BCUT2D eigenvalue weighted by Gasteiger charge is 2.29. The molecule has 6 nitrogen and oxygen atoms in total. The lowest BCUT2D eigenvalue weighted by atomic mass is 10.0. The second kappa shape index (κ2) is 5.87. The summed E-state index contributed by atoms with van der Waals surface area (Å²) in [6, 6.07) is 0. The third-order valence-electron chi connectivity index (χ3n) is 1.59. The summed E-state index contributed by atoms with van der Waals surface area (Å²) in [4.78, 5) is 11.0. The van der Waals surface area contributed by atoms with Crippen molar-refractivity contribution in [2.75, 3.05) is 33.5 Å². The van der Waals surface area contributed by atoms with Gasteiger partial charge in [-0.2, -0.15) is 0 Å². The summed E-state index contributed by atoms with van der Waals surface area (Å²) in [5.74, 6) is -0.500. The van der Waals surface area contributed by atoms with Crippen LogP contribution in [0.4, 0.5) is 0 Å². The molecular weight excluding hydrogens is 178 g/mol. The van der Waals surface area contributed by atoms with Crippen LogP contribution in [0.25, 0.3) is 0 Å². The number of ether oxygens (including phenoxy) is 1. The minimum Gasteiger partial charge on any atom is -0.394 e. The quantitative estimate of drug-likeness (QED) is 0.372. The zero-order valence-electron chi connectivity index (χ0n) is 7.49. The number of amides is 1. The normalized spacial score (nSPS) is 11.4. The largest absolute Gasteiger partial charge is 0.394 e. The molecule has 0 aliphatic heterocycles. The molecule has 78 valence electrons. The van der Waals surface area contributed by atoms with Crippen molar-refractivity contribution in [2.45, 2.75) is 5.54 Å². The Balaban J connectivity index is 4.16. The van der Waals surface area contributed by atoms with E-state index in [0.717, 1.165) is 0 Å². The van der Waals surface area contributed by atoms with Crippen LogP contribution in [0.3, 0.4) is 0 Å². The predicted octanol–water partition coefficient (Wildman–Crippen LogP) is -2.54. The topological polar surface area (TPSA) is 99.0 Å². The molecule has 0 rings (SSSR count). The molecule has 0 aromatic heterocycles. The lowest BCUT2D eigenvalue weighted by Gasteiger charge is -2.28. The van der Waals surface area contributed by atoms with Gasteiger partial charge in [-0.05, 0) is 0 Å². The summed E-state index contributed by atoms with van der Waals surface area (Å²) in [6.45, 7) is -1.78. The van der Waals surface area contributed by atoms with Gasteiger partial charge in [0.25, 0.3) is 0 Å². The first kappa shape index (κ1) is 12.3. The van der Waals surface area contributed by atoms with E-state index < -0.39 is 31.3 Å². The van der Waals surface area contributed by atoms with Gasteiger partial charge in [0.05, 0.1) is 19.8 Å². The summed E-state index contributed by atoms with van der Waals surface area (Å²) >= 11 is 0. The molecule has 0 unspecified atom stereocenters. The number of nitrogens with one attached hydrogen (secondary N) is 1. The van der Waals surface area contributed by atoms with E-state index in [1.165, 1.54) is 7.11 Å². The van der Waals surface area contributed by atoms with Crippen LogP contribution in [-0.2, 0) is 9.53 Å². The Morgan fingerprint density at radius 2 is 1.77 bits per heavy atom. The maximum Gasteiger partial charge on any atom is 0.246 e. The zero-order valence-corrected chi connectivity index (χ0v) is 7.49. The SMILES string of the molecule is COCC(=O)NC(CO)(CO)CO. The van der Waals surface area contributed by atoms with Gasteiger partial charge in [0, 0.05) is 7.11 Å². The van der Waals surface area contributed by atoms with Crippen LogP contribution >= 0.6 is 0 Å². The average Bonchev–Trinajstić information content (AvgIpc) is 2.15. The van der Waals surface area contributed by atoms with Gasteiger partial charge in [0.15, 0.2) is 0 Å². The van der Waals surface area contributed by atoms with Gasteiger partial charge in [0.1, 0.15) is 12.1 Å². The van der Waals surface area contributed by atoms with E-state index in [-0.39, 0.29) is 6.61 Å². The van der Waals surface area contributed by atoms with Crippen LogP contribution in [-0.4, -0.2) is 60.3 Å². The van der Waals surface area contributed by atoms with Gasteiger partial charge in [0.2, 0.25) is 5.91 Å². The molecule has 0 radical (unpaired) electrons. The minimum atomic E-state index is -1.37. The second-order valence-corrected chi connectivity index (χ2v) is 2.74. The maximum atomic E-state index is 11.0. The van der Waals surface area contributed by atoms with Gasteiger partial charge in [-0.25, -0.2) is 0 Å². The molecule has 0 aromatic rings. The third-order valence-corrected chi connectivity index (χ3v) is 1.59. The number of methoxy groups -OCH3 is 1. The third kappa shape index (κ3) is 3.69. The van der Waals surface area contributed by atoms with Crippen LogP contribution in [0.1, 0.15) is 0 Å². The first-order valence-electron chi connectivity index (χ1n) is 3.76. The highest BCUT2D eigenvalue weighted by Crippen LogP contribution is 2.00. The lowest BCUT2D eigenvalue weighted by Crippen LogP contribution is -2.57. The fourth-order valence-electron chi connectivity index (χ4n) is 0.732. The van der Waals surface area contributed by atoms with E-state index in [1.807, 2.05) is 0 Å². The molecule has 1 amide bonds. The monoisotopic (exact) mass is 193 g/mol. The van der Waals surface area contributed by atoms with Gasteiger partial charge in [-0.3, -0.25) is 4.79 Å². The average molecular weight is 193 g/mol. The fraction of sp³-hybridized carbons (Fsp3) is 0.857. The molecule has 0 aliphatic rings. The van der Waals surface area contributed by atoms with E-state index >= 15 is 0 Å². The molecule has 13 heavy (non-hydrogen) atoms. The summed E-state index contributed by atoms with van der Waals surface area (Å²) in [5, 5.41) is 28.7. The number of hydrogen-bond donors (Lipinski definition) is 4. The van der Waals surface area contributed by atoms with Gasteiger partial charge in [-0.1, -0.05) is 0 Å². The summed E-state index contributed by atoms with van der Waals surface area (Å²) in [6.07, 6.45) is 0. The Hall–Kier alpha value is -0.690. The molecule has 0 atom stereocenters. The van der Waals surface area contributed by atoms with Crippen molar-refractivity contribution in [1.82, 2.24) is 5.32 Å². The molecule has 0 spiro atoms. The second-order valence-electron chi connectivity index (χ2n) is 2.74. The number of aliphatic hydroxyl groups is 3. The van der Waals surface area contributed by atoms with Crippen molar-refractivity contribution in [3.8, 4) is 0 Å². The van der Waals surface area contributed by atoms with Crippen molar-refractivity contribution in [2.24, 2.45) is 0 Å². The van der Waals surface area contributed by atoms with Gasteiger partial charge < -0.3 is 25.4 Å². The molecule has 0 fully saturated rings. The number of rotatable bonds is 6. The van der Waals surface area contributed by atoms with E-state index in [2.05, 4.69) is 10.1 Å². The van der Waals surface area contributed by atoms with Crippen molar-refractivity contribution in [1.29, 1.82) is 0 Å². The molecule has 6 heteroatoms. The van der Waals surface area contributed by atoms with Crippen molar-refractivity contribution < 1.29 is 24.9 Å². The van der Waals surface area contributed by atoms with E-state index in [9.17, 15) is 4.79 Å². The molecule has 0 aliphatic carbocycles. The van der Waals surface area contributed by atoms with Crippen LogP contribution in [0.15, 0.2) is 0 Å². The van der Waals surface area contributed by atoms with E-state index in [0.29, 0.717) is 0 Å². The smallest absolute Gasteiger partial charge is 0.246 e. The van der Waals surface area contributed by atoms with E-state index in [4.69, 9.17) is 15.3 Å². The van der Waals surface area contributed by atoms with Crippen molar-refractivity contribution in [3.63, 3.8) is 0 Å². The Bertz CT molecular complexity index is 149. The minimum absolute atomic E-state index is 0.179. The Morgan fingerprint density at radius 3 is 2.08 bits per heavy atom. The first-order chi connectivity index (χ1) is 6.14. The van der Waals surface area contributed by atoms with Crippen molar-refractivity contribution in [3.05, 3.63) is 0 Å². The molecule has 0 heterocycles. The highest BCUT2D eigenvalue weighted by atomic mass is 16.5. The van der Waals surface area contributed by atoms with Crippen LogP contribution in [0.2, 0.25) is 0 Å². The van der Waals surface area contributed by atoms with Crippen LogP contribution in [0.5, 0.6) is 0 Å². The molecule has 0 saturated carbocycles. The summed E-state index contributed by atoms with van der Waals surface area (Å²) in [5.41, 5.74) is -1.37. The molecule has 0 saturated heterocycles. The number of carbonyl (C=O) groups is 1. The Labute approximate surface area is 76.1 Å². The highest BCUT2D eigenvalue weighted by molar-refractivity contribution is 5.78. The Kier molecular flexibility index (Phi) is 5.56. The lowest BCUT2D eigenvalue weighted by molar-refractivity contribution is -0.129. The van der Waals surface area contributed by atoms with Crippen LogP contribution in [0, 0.1) is 0 Å². The fourth-order valence-corrected chi connectivity index (χ4v) is 0.732. The zero-order chi connectivity index (χ0) is 10.3. The summed E-state index contributed by atoms with van der Waals surface area (Å²) < 4.78 is 4.53. The first-order valence-corrected chi connectivity index (χ1v) is 3.76. The standard InChI is InChI=1S/C7H15NO5/c1-13-2-6(12)8-7(3-9,4-10)5-11/h9-11H,2-5H2,1H3,(H,8,12). The summed E-state index contributed by atoms with van der Waals surface area (Å²) in [7, 11) is 1.35. The van der Waals surface area contributed by atoms with Crippen molar-refractivity contribution >= 4 is 5.91 Å². The molecular formula is C7H15NO5. The number of hydrogen-bond acceptors (Lipinski definition) is 5. The maximum absolute atomic E-state index is 11.0. The molecule has 0 bridgehead atoms. The van der Waals surface area contributed by atoms with E-state index in [1.54, 1.807) is 0 Å². The van der Waals surface area contributed by atoms with Gasteiger partial charge >= 0.3 is 0 Å². The molecule has 4 N–H and O–H groups in total. The molecule has 0 aromatic carbocycles. The number of aliphatic hydroxyl groups excluding tert-OH is 3. The predicted molar refractivity (Wildman–Crippen MR) is 44.0 cm³/mol. The van der Waals surface area contributed by atoms with Gasteiger partial charge in [-0.15, -0.1) is 0 Å². The Morgan fingerprint density at radius 1 is 1.31 bits per heavy atom. The van der Waals surface area contributed by atoms with Crippen LogP contribution < -0.4 is 5.32 Å².